The standard InChI is InChI=1S/C12H20N2O2/c1-3-10-8-11(14(2)13-10)9-16-12-6-4-5-7-15-12/h8,12H,3-7,9H2,1-2H3. The Morgan fingerprint density at radius 2 is 2.44 bits per heavy atom. The maximum atomic E-state index is 5.72. The van der Waals surface area contributed by atoms with Gasteiger partial charge in [-0.2, -0.15) is 5.10 Å². The van der Waals surface area contributed by atoms with E-state index in [0.29, 0.717) is 6.61 Å². The molecule has 0 aliphatic carbocycles. The van der Waals surface area contributed by atoms with Crippen molar-refractivity contribution >= 4 is 0 Å². The maximum absolute atomic E-state index is 5.72. The van der Waals surface area contributed by atoms with E-state index in [4.69, 9.17) is 9.47 Å². The first-order valence-corrected chi connectivity index (χ1v) is 6.04. The van der Waals surface area contributed by atoms with Gasteiger partial charge >= 0.3 is 0 Å². The van der Waals surface area contributed by atoms with Crippen molar-refractivity contribution in [3.8, 4) is 0 Å². The zero-order chi connectivity index (χ0) is 11.4. The van der Waals surface area contributed by atoms with Crippen molar-refractivity contribution in [2.45, 2.75) is 45.5 Å². The summed E-state index contributed by atoms with van der Waals surface area (Å²) < 4.78 is 13.1. The van der Waals surface area contributed by atoms with Gasteiger partial charge in [0.05, 0.1) is 18.0 Å². The van der Waals surface area contributed by atoms with Crippen LogP contribution in [0.15, 0.2) is 6.07 Å². The van der Waals surface area contributed by atoms with E-state index in [-0.39, 0.29) is 6.29 Å². The Kier molecular flexibility index (Phi) is 3.96. The summed E-state index contributed by atoms with van der Waals surface area (Å²) in [5.41, 5.74) is 2.23. The van der Waals surface area contributed by atoms with Crippen LogP contribution in [0.5, 0.6) is 0 Å². The Labute approximate surface area is 96.5 Å². The molecule has 1 unspecified atom stereocenters. The van der Waals surface area contributed by atoms with Crippen LogP contribution in [0.25, 0.3) is 0 Å². The van der Waals surface area contributed by atoms with Gasteiger partial charge in [-0.3, -0.25) is 4.68 Å². The van der Waals surface area contributed by atoms with E-state index in [0.717, 1.165) is 37.3 Å². The first-order valence-electron chi connectivity index (χ1n) is 6.04. The lowest BCUT2D eigenvalue weighted by Crippen LogP contribution is -2.22. The van der Waals surface area contributed by atoms with Gasteiger partial charge in [-0.1, -0.05) is 6.92 Å². The summed E-state index contributed by atoms with van der Waals surface area (Å²) in [6.07, 6.45) is 4.32. The second kappa shape index (κ2) is 5.46. The number of ether oxygens (including phenoxy) is 2. The van der Waals surface area contributed by atoms with Gasteiger partial charge in [0.2, 0.25) is 0 Å². The number of hydrogen-bond acceptors (Lipinski definition) is 3. The molecule has 16 heavy (non-hydrogen) atoms. The second-order valence-electron chi connectivity index (χ2n) is 4.21. The molecule has 0 aromatic carbocycles. The van der Waals surface area contributed by atoms with Crippen LogP contribution in [0.3, 0.4) is 0 Å². The molecule has 4 heteroatoms. The molecule has 0 N–H and O–H groups in total. The number of hydrogen-bond donors (Lipinski definition) is 0. The summed E-state index contributed by atoms with van der Waals surface area (Å²) in [4.78, 5) is 0. The van der Waals surface area contributed by atoms with E-state index in [9.17, 15) is 0 Å². The third kappa shape index (κ3) is 2.83. The Morgan fingerprint density at radius 3 is 3.06 bits per heavy atom. The molecule has 1 aromatic rings. The average molecular weight is 224 g/mol. The third-order valence-electron chi connectivity index (χ3n) is 2.94. The van der Waals surface area contributed by atoms with E-state index in [1.54, 1.807) is 0 Å². The maximum Gasteiger partial charge on any atom is 0.158 e. The summed E-state index contributed by atoms with van der Waals surface area (Å²) >= 11 is 0. The van der Waals surface area contributed by atoms with E-state index in [2.05, 4.69) is 18.1 Å². The van der Waals surface area contributed by atoms with Crippen LogP contribution in [-0.4, -0.2) is 22.7 Å². The van der Waals surface area contributed by atoms with Gasteiger partial charge < -0.3 is 9.47 Å². The SMILES string of the molecule is CCc1cc(COC2CCCCO2)n(C)n1. The second-order valence-corrected chi connectivity index (χ2v) is 4.21. The topological polar surface area (TPSA) is 36.3 Å². The Hall–Kier alpha value is -0.870. The minimum Gasteiger partial charge on any atom is -0.353 e. The van der Waals surface area contributed by atoms with Crippen molar-refractivity contribution < 1.29 is 9.47 Å². The molecule has 0 amide bonds. The fourth-order valence-electron chi connectivity index (χ4n) is 1.90. The number of aromatic nitrogens is 2. The Morgan fingerprint density at radius 1 is 1.56 bits per heavy atom. The quantitative estimate of drug-likeness (QED) is 0.785. The predicted octanol–water partition coefficient (Wildman–Crippen LogP) is 2.03. The van der Waals surface area contributed by atoms with E-state index < -0.39 is 0 Å². The molecule has 1 fully saturated rings. The summed E-state index contributed by atoms with van der Waals surface area (Å²) in [5.74, 6) is 0. The fraction of sp³-hybridized carbons (Fsp3) is 0.750. The molecule has 1 aliphatic heterocycles. The van der Waals surface area contributed by atoms with Gasteiger partial charge in [0.1, 0.15) is 0 Å². The molecule has 1 saturated heterocycles. The minimum atomic E-state index is -0.0197. The van der Waals surface area contributed by atoms with Crippen LogP contribution in [0.4, 0.5) is 0 Å². The first-order chi connectivity index (χ1) is 7.79. The lowest BCUT2D eigenvalue weighted by molar-refractivity contribution is -0.169. The van der Waals surface area contributed by atoms with Crippen molar-refractivity contribution in [2.24, 2.45) is 7.05 Å². The molecule has 0 spiro atoms. The van der Waals surface area contributed by atoms with Crippen LogP contribution in [0, 0.1) is 0 Å². The van der Waals surface area contributed by atoms with Crippen molar-refractivity contribution in [1.82, 2.24) is 9.78 Å². The Bertz CT molecular complexity index is 330. The van der Waals surface area contributed by atoms with Crippen LogP contribution in [0.2, 0.25) is 0 Å². The number of aryl methyl sites for hydroxylation is 2. The third-order valence-corrected chi connectivity index (χ3v) is 2.94. The highest BCUT2D eigenvalue weighted by atomic mass is 16.7. The molecule has 90 valence electrons. The van der Waals surface area contributed by atoms with Crippen molar-refractivity contribution in [1.29, 1.82) is 0 Å². The normalized spacial score (nSPS) is 21.2. The first kappa shape index (κ1) is 11.6. The molecule has 4 nitrogen and oxygen atoms in total. The number of rotatable bonds is 4. The average Bonchev–Trinajstić information content (AvgIpc) is 2.69. The number of nitrogens with zero attached hydrogens (tertiary/aromatic N) is 2. The van der Waals surface area contributed by atoms with Crippen molar-refractivity contribution in [3.63, 3.8) is 0 Å². The largest absolute Gasteiger partial charge is 0.353 e. The van der Waals surface area contributed by atoms with Crippen LogP contribution < -0.4 is 0 Å². The molecule has 2 heterocycles. The van der Waals surface area contributed by atoms with Crippen LogP contribution >= 0.6 is 0 Å². The smallest absolute Gasteiger partial charge is 0.158 e. The van der Waals surface area contributed by atoms with Crippen molar-refractivity contribution in [3.05, 3.63) is 17.5 Å². The molecule has 2 rings (SSSR count). The lowest BCUT2D eigenvalue weighted by atomic mass is 10.2. The van der Waals surface area contributed by atoms with Crippen LogP contribution in [-0.2, 0) is 29.5 Å². The summed E-state index contributed by atoms with van der Waals surface area (Å²) in [5, 5.41) is 4.39. The zero-order valence-electron chi connectivity index (χ0n) is 10.1. The summed E-state index contributed by atoms with van der Waals surface area (Å²) in [6, 6.07) is 2.10. The van der Waals surface area contributed by atoms with Gasteiger partial charge in [-0.05, 0) is 31.7 Å². The van der Waals surface area contributed by atoms with Gasteiger partial charge in [0.15, 0.2) is 6.29 Å². The highest BCUT2D eigenvalue weighted by Crippen LogP contribution is 2.15. The van der Waals surface area contributed by atoms with Gasteiger partial charge in [0, 0.05) is 13.7 Å². The van der Waals surface area contributed by atoms with Gasteiger partial charge in [-0.25, -0.2) is 0 Å². The van der Waals surface area contributed by atoms with Crippen molar-refractivity contribution in [2.75, 3.05) is 6.61 Å². The van der Waals surface area contributed by atoms with E-state index >= 15 is 0 Å². The predicted molar refractivity (Wildman–Crippen MR) is 61.0 cm³/mol. The Balaban J connectivity index is 1.85. The van der Waals surface area contributed by atoms with E-state index in [1.165, 1.54) is 6.42 Å². The van der Waals surface area contributed by atoms with Crippen LogP contribution in [0.1, 0.15) is 37.6 Å². The molecule has 1 aromatic heterocycles. The van der Waals surface area contributed by atoms with E-state index in [1.807, 2.05) is 11.7 Å². The molecule has 0 saturated carbocycles. The minimum absolute atomic E-state index is 0.0197. The molecule has 1 aliphatic rings. The summed E-state index contributed by atoms with van der Waals surface area (Å²) in [7, 11) is 1.96. The summed E-state index contributed by atoms with van der Waals surface area (Å²) in [6.45, 7) is 3.53. The van der Waals surface area contributed by atoms with Gasteiger partial charge in [0.25, 0.3) is 0 Å². The molecular weight excluding hydrogens is 204 g/mol. The highest BCUT2D eigenvalue weighted by molar-refractivity contribution is 5.09. The molecule has 0 radical (unpaired) electrons. The monoisotopic (exact) mass is 224 g/mol. The molecule has 1 atom stereocenters. The molecule has 0 bridgehead atoms. The zero-order valence-corrected chi connectivity index (χ0v) is 10.1. The lowest BCUT2D eigenvalue weighted by Gasteiger charge is -2.22. The van der Waals surface area contributed by atoms with Gasteiger partial charge in [-0.15, -0.1) is 0 Å². The molecular formula is C12H20N2O2. The highest BCUT2D eigenvalue weighted by Gasteiger charge is 2.15. The fourth-order valence-corrected chi connectivity index (χ4v) is 1.90.